The second kappa shape index (κ2) is 4.02. The Bertz CT molecular complexity index is 262. The first-order chi connectivity index (χ1) is 5.74. The molecule has 1 aromatic carbocycles. The monoisotopic (exact) mass is 166 g/mol. The van der Waals surface area contributed by atoms with Crippen LogP contribution < -0.4 is 10.2 Å². The van der Waals surface area contributed by atoms with E-state index in [0.717, 1.165) is 5.46 Å². The lowest BCUT2D eigenvalue weighted by atomic mass is 9.95. The average molecular weight is 166 g/mol. The summed E-state index contributed by atoms with van der Waals surface area (Å²) in [6.45, 7) is 0.197. The van der Waals surface area contributed by atoms with Gasteiger partial charge in [-0.25, -0.2) is 0 Å². The molecule has 0 atom stereocenters. The first kappa shape index (κ1) is 8.94. The van der Waals surface area contributed by atoms with Crippen molar-refractivity contribution in [2.75, 3.05) is 13.9 Å². The molecule has 1 rings (SSSR count). The SMILES string of the molecule is Bc1ccc(OCOC)cc1O. The number of phenols is 1. The molecule has 1 aromatic rings. The van der Waals surface area contributed by atoms with Crippen LogP contribution in [0.1, 0.15) is 0 Å². The summed E-state index contributed by atoms with van der Waals surface area (Å²) in [6.07, 6.45) is 0. The van der Waals surface area contributed by atoms with E-state index in [1.54, 1.807) is 25.3 Å². The first-order valence-electron chi connectivity index (χ1n) is 3.65. The van der Waals surface area contributed by atoms with Crippen molar-refractivity contribution in [2.45, 2.75) is 0 Å². The summed E-state index contributed by atoms with van der Waals surface area (Å²) in [5.74, 6) is 0.851. The smallest absolute Gasteiger partial charge is 0.188 e. The highest BCUT2D eigenvalue weighted by Crippen LogP contribution is 2.15. The van der Waals surface area contributed by atoms with E-state index in [0.29, 0.717) is 5.75 Å². The zero-order chi connectivity index (χ0) is 8.97. The lowest BCUT2D eigenvalue weighted by molar-refractivity contribution is 0.0510. The molecule has 1 N–H and O–H groups in total. The Kier molecular flexibility index (Phi) is 2.99. The number of methoxy groups -OCH3 is 1. The molecule has 0 unspecified atom stereocenters. The van der Waals surface area contributed by atoms with Gasteiger partial charge in [0.1, 0.15) is 19.3 Å². The number of benzene rings is 1. The fraction of sp³-hybridized carbons (Fsp3) is 0.250. The van der Waals surface area contributed by atoms with Gasteiger partial charge >= 0.3 is 0 Å². The quantitative estimate of drug-likeness (QED) is 0.491. The molecule has 0 aliphatic rings. The molecule has 0 amide bonds. The van der Waals surface area contributed by atoms with Crippen LogP contribution in [-0.4, -0.2) is 26.9 Å². The molecule has 0 saturated carbocycles. The number of aromatic hydroxyl groups is 1. The van der Waals surface area contributed by atoms with Crippen LogP contribution >= 0.6 is 0 Å². The molecule has 12 heavy (non-hydrogen) atoms. The van der Waals surface area contributed by atoms with Gasteiger partial charge in [-0.2, -0.15) is 0 Å². The predicted molar refractivity (Wildman–Crippen MR) is 48.8 cm³/mol. The second-order valence-electron chi connectivity index (χ2n) is 2.50. The van der Waals surface area contributed by atoms with Crippen molar-refractivity contribution in [1.29, 1.82) is 0 Å². The van der Waals surface area contributed by atoms with Crippen molar-refractivity contribution >= 4 is 13.3 Å². The summed E-state index contributed by atoms with van der Waals surface area (Å²) < 4.78 is 9.82. The molecule has 0 aliphatic heterocycles. The first-order valence-corrected chi connectivity index (χ1v) is 3.65. The van der Waals surface area contributed by atoms with Crippen molar-refractivity contribution in [2.24, 2.45) is 0 Å². The average Bonchev–Trinajstić information content (AvgIpc) is 2.07. The standard InChI is InChI=1S/C8H11BO3/c1-11-5-12-6-2-3-7(9)8(10)4-6/h2-4,10H,5,9H2,1H3. The highest BCUT2D eigenvalue weighted by Gasteiger charge is 1.97. The van der Waals surface area contributed by atoms with Gasteiger partial charge in [0.25, 0.3) is 0 Å². The number of ether oxygens (including phenoxy) is 2. The van der Waals surface area contributed by atoms with E-state index in [1.807, 2.05) is 7.85 Å². The van der Waals surface area contributed by atoms with Crippen molar-refractivity contribution in [3.05, 3.63) is 18.2 Å². The minimum Gasteiger partial charge on any atom is -0.508 e. The molecule has 0 bridgehead atoms. The van der Waals surface area contributed by atoms with Gasteiger partial charge in [-0.3, -0.25) is 0 Å². The van der Waals surface area contributed by atoms with Crippen molar-refractivity contribution in [3.8, 4) is 11.5 Å². The van der Waals surface area contributed by atoms with Crippen LogP contribution in [0.4, 0.5) is 0 Å². The van der Waals surface area contributed by atoms with Gasteiger partial charge in [0.2, 0.25) is 0 Å². The van der Waals surface area contributed by atoms with Crippen molar-refractivity contribution in [1.82, 2.24) is 0 Å². The second-order valence-corrected chi connectivity index (χ2v) is 2.50. The van der Waals surface area contributed by atoms with E-state index >= 15 is 0 Å². The summed E-state index contributed by atoms with van der Waals surface area (Å²) in [5, 5.41) is 9.28. The minimum absolute atomic E-state index is 0.197. The number of rotatable bonds is 3. The van der Waals surface area contributed by atoms with Crippen LogP contribution in [-0.2, 0) is 4.74 Å². The fourth-order valence-corrected chi connectivity index (χ4v) is 0.806. The van der Waals surface area contributed by atoms with Gasteiger partial charge < -0.3 is 14.6 Å². The molecule has 0 radical (unpaired) electrons. The zero-order valence-electron chi connectivity index (χ0n) is 7.20. The molecule has 0 fully saturated rings. The summed E-state index contributed by atoms with van der Waals surface area (Å²) >= 11 is 0. The minimum atomic E-state index is 0.197. The molecule has 0 heterocycles. The van der Waals surface area contributed by atoms with E-state index in [2.05, 4.69) is 0 Å². The van der Waals surface area contributed by atoms with Gasteiger partial charge in [0.15, 0.2) is 6.79 Å². The van der Waals surface area contributed by atoms with Gasteiger partial charge in [0.05, 0.1) is 0 Å². The van der Waals surface area contributed by atoms with E-state index in [4.69, 9.17) is 9.47 Å². The predicted octanol–water partition coefficient (Wildman–Crippen LogP) is -0.367. The summed E-state index contributed by atoms with van der Waals surface area (Å²) in [7, 11) is 3.38. The van der Waals surface area contributed by atoms with E-state index in [9.17, 15) is 5.11 Å². The number of hydrogen-bond donors (Lipinski definition) is 1. The van der Waals surface area contributed by atoms with Gasteiger partial charge in [-0.1, -0.05) is 6.07 Å². The van der Waals surface area contributed by atoms with Crippen LogP contribution in [0.2, 0.25) is 0 Å². The zero-order valence-corrected chi connectivity index (χ0v) is 7.20. The molecule has 0 saturated heterocycles. The van der Waals surface area contributed by atoms with E-state index in [-0.39, 0.29) is 12.5 Å². The Morgan fingerprint density at radius 3 is 2.83 bits per heavy atom. The Labute approximate surface area is 72.3 Å². The maximum Gasteiger partial charge on any atom is 0.188 e. The lowest BCUT2D eigenvalue weighted by Gasteiger charge is -2.05. The Hall–Kier alpha value is -1.16. The highest BCUT2D eigenvalue weighted by molar-refractivity contribution is 6.34. The maximum atomic E-state index is 9.28. The van der Waals surface area contributed by atoms with Crippen LogP contribution in [0.15, 0.2) is 18.2 Å². The molecule has 3 nitrogen and oxygen atoms in total. The van der Waals surface area contributed by atoms with Crippen LogP contribution in [0.3, 0.4) is 0 Å². The maximum absolute atomic E-state index is 9.28. The summed E-state index contributed by atoms with van der Waals surface area (Å²) in [4.78, 5) is 0. The molecular formula is C8H11BO3. The highest BCUT2D eigenvalue weighted by atomic mass is 16.7. The third-order valence-electron chi connectivity index (χ3n) is 1.52. The molecule has 0 aliphatic carbocycles. The van der Waals surface area contributed by atoms with E-state index < -0.39 is 0 Å². The third kappa shape index (κ3) is 2.17. The van der Waals surface area contributed by atoms with Crippen LogP contribution in [0.25, 0.3) is 0 Å². The van der Waals surface area contributed by atoms with Gasteiger partial charge in [0, 0.05) is 13.2 Å². The normalized spacial score (nSPS) is 9.75. The molecular weight excluding hydrogens is 155 g/mol. The topological polar surface area (TPSA) is 38.7 Å². The largest absolute Gasteiger partial charge is 0.508 e. The Balaban J connectivity index is 2.69. The van der Waals surface area contributed by atoms with Crippen LogP contribution in [0.5, 0.6) is 11.5 Å². The van der Waals surface area contributed by atoms with Crippen LogP contribution in [0, 0.1) is 0 Å². The van der Waals surface area contributed by atoms with Gasteiger partial charge in [-0.15, -0.1) is 0 Å². The van der Waals surface area contributed by atoms with E-state index in [1.165, 1.54) is 0 Å². The Morgan fingerprint density at radius 1 is 1.50 bits per heavy atom. The molecule has 0 aromatic heterocycles. The van der Waals surface area contributed by atoms with Crippen molar-refractivity contribution < 1.29 is 14.6 Å². The molecule has 0 spiro atoms. The fourth-order valence-electron chi connectivity index (χ4n) is 0.806. The summed E-state index contributed by atoms with van der Waals surface area (Å²) in [5.41, 5.74) is 0.833. The van der Waals surface area contributed by atoms with Gasteiger partial charge in [-0.05, 0) is 11.5 Å². The number of hydrogen-bond acceptors (Lipinski definition) is 3. The lowest BCUT2D eigenvalue weighted by Crippen LogP contribution is -2.04. The third-order valence-corrected chi connectivity index (χ3v) is 1.52. The molecule has 4 heteroatoms. The summed E-state index contributed by atoms with van der Waals surface area (Å²) in [6, 6.07) is 5.14. The van der Waals surface area contributed by atoms with Crippen molar-refractivity contribution in [3.63, 3.8) is 0 Å². The Morgan fingerprint density at radius 2 is 2.25 bits per heavy atom. The number of phenolic OH excluding ortho intramolecular Hbond substituents is 1. The molecule has 64 valence electrons.